The number of halogens is 2. The van der Waals surface area contributed by atoms with E-state index in [-0.39, 0.29) is 23.3 Å². The monoisotopic (exact) mass is 427 g/mol. The van der Waals surface area contributed by atoms with Crippen LogP contribution in [-0.2, 0) is 0 Å². The van der Waals surface area contributed by atoms with E-state index in [9.17, 15) is 19.1 Å². The number of carbonyl (C=O) groups excluding carboxylic acids is 1. The van der Waals surface area contributed by atoms with Crippen molar-refractivity contribution in [2.75, 3.05) is 6.54 Å². The molecule has 8 heteroatoms. The summed E-state index contributed by atoms with van der Waals surface area (Å²) in [6.07, 6.45) is 0.926. The van der Waals surface area contributed by atoms with Gasteiger partial charge in [-0.1, -0.05) is 29.8 Å². The van der Waals surface area contributed by atoms with Crippen LogP contribution in [-0.4, -0.2) is 33.4 Å². The number of rotatable bonds is 5. The van der Waals surface area contributed by atoms with E-state index in [1.54, 1.807) is 30.3 Å². The van der Waals surface area contributed by atoms with E-state index in [2.05, 4.69) is 10.4 Å². The van der Waals surface area contributed by atoms with Crippen LogP contribution in [0.3, 0.4) is 0 Å². The van der Waals surface area contributed by atoms with Crippen LogP contribution < -0.4 is 10.9 Å². The van der Waals surface area contributed by atoms with Gasteiger partial charge in [0.1, 0.15) is 11.4 Å². The van der Waals surface area contributed by atoms with Crippen molar-refractivity contribution < 1.29 is 14.3 Å². The predicted molar refractivity (Wildman–Crippen MR) is 111 cm³/mol. The summed E-state index contributed by atoms with van der Waals surface area (Å²) in [6.45, 7) is 0.369. The summed E-state index contributed by atoms with van der Waals surface area (Å²) in [5.41, 5.74) is 0.496. The molecule has 1 amide bonds. The van der Waals surface area contributed by atoms with E-state index in [1.807, 2.05) is 0 Å². The van der Waals surface area contributed by atoms with Crippen molar-refractivity contribution >= 4 is 17.5 Å². The first-order valence-corrected chi connectivity index (χ1v) is 9.91. The van der Waals surface area contributed by atoms with Gasteiger partial charge in [0.2, 0.25) is 0 Å². The van der Waals surface area contributed by atoms with Gasteiger partial charge in [-0.25, -0.2) is 4.39 Å². The molecule has 1 aliphatic rings. The highest BCUT2D eigenvalue weighted by molar-refractivity contribution is 6.30. The molecule has 0 spiro atoms. The fraction of sp³-hybridized carbons (Fsp3) is 0.227. The Morgan fingerprint density at radius 3 is 2.60 bits per heavy atom. The van der Waals surface area contributed by atoms with Gasteiger partial charge in [0.15, 0.2) is 0 Å². The molecular weight excluding hydrogens is 409 g/mol. The van der Waals surface area contributed by atoms with Gasteiger partial charge in [-0.05, 0) is 55.2 Å². The number of carbonyl (C=O) groups is 1. The van der Waals surface area contributed by atoms with Gasteiger partial charge in [-0.2, -0.15) is 9.78 Å². The van der Waals surface area contributed by atoms with Gasteiger partial charge in [-0.3, -0.25) is 9.59 Å². The normalized spacial score (nSPS) is 18.0. The Kier molecular flexibility index (Phi) is 5.65. The highest BCUT2D eigenvalue weighted by atomic mass is 35.5. The molecule has 2 N–H and O–H groups in total. The maximum absolute atomic E-state index is 13.7. The topological polar surface area (TPSA) is 84.2 Å². The molecule has 2 aromatic carbocycles. The van der Waals surface area contributed by atoms with Crippen molar-refractivity contribution in [2.24, 2.45) is 5.92 Å². The predicted octanol–water partition coefficient (Wildman–Crippen LogP) is 3.19. The average Bonchev–Trinajstić information content (AvgIpc) is 2.71. The van der Waals surface area contributed by atoms with E-state index in [1.165, 1.54) is 24.3 Å². The number of hydrogen-bond donors (Lipinski definition) is 2. The van der Waals surface area contributed by atoms with Crippen molar-refractivity contribution in [3.05, 3.63) is 81.4 Å². The van der Waals surface area contributed by atoms with Crippen LogP contribution >= 0.6 is 11.6 Å². The molecule has 3 aromatic rings. The van der Waals surface area contributed by atoms with Crippen LogP contribution in [0.15, 0.2) is 59.4 Å². The largest absolute Gasteiger partial charge is 0.393 e. The van der Waals surface area contributed by atoms with E-state index >= 15 is 0 Å². The second-order valence-electron chi connectivity index (χ2n) is 7.35. The van der Waals surface area contributed by atoms with Crippen molar-refractivity contribution in [1.82, 2.24) is 15.1 Å². The third-order valence-corrected chi connectivity index (χ3v) is 5.36. The zero-order valence-corrected chi connectivity index (χ0v) is 16.6. The molecule has 1 heterocycles. The van der Waals surface area contributed by atoms with Gasteiger partial charge < -0.3 is 10.4 Å². The first-order chi connectivity index (χ1) is 14.4. The van der Waals surface area contributed by atoms with Crippen LogP contribution in [0, 0.1) is 11.7 Å². The molecular formula is C22H19ClFN3O3. The fourth-order valence-corrected chi connectivity index (χ4v) is 3.53. The Bertz CT molecular complexity index is 1140. The number of aromatic nitrogens is 2. The summed E-state index contributed by atoms with van der Waals surface area (Å²) < 4.78 is 14.8. The zero-order chi connectivity index (χ0) is 21.3. The van der Waals surface area contributed by atoms with Crippen LogP contribution in [0.4, 0.5) is 4.39 Å². The van der Waals surface area contributed by atoms with Crippen molar-refractivity contribution in [3.8, 4) is 16.9 Å². The highest BCUT2D eigenvalue weighted by Gasteiger charge is 2.28. The van der Waals surface area contributed by atoms with E-state index in [0.717, 1.165) is 4.68 Å². The fourth-order valence-electron chi connectivity index (χ4n) is 3.40. The maximum atomic E-state index is 13.7. The summed E-state index contributed by atoms with van der Waals surface area (Å²) in [4.78, 5) is 25.8. The molecule has 1 aliphatic carbocycles. The minimum atomic E-state index is -0.649. The summed E-state index contributed by atoms with van der Waals surface area (Å²) in [5, 5.41) is 17.0. The first-order valence-electron chi connectivity index (χ1n) is 9.53. The van der Waals surface area contributed by atoms with Gasteiger partial charge in [-0.15, -0.1) is 0 Å². The molecule has 0 bridgehead atoms. The number of nitrogens with zero attached hydrogens (tertiary/aromatic N) is 2. The number of aliphatic hydroxyl groups is 1. The molecule has 30 heavy (non-hydrogen) atoms. The van der Waals surface area contributed by atoms with Crippen LogP contribution in [0.2, 0.25) is 5.02 Å². The molecule has 1 saturated carbocycles. The summed E-state index contributed by atoms with van der Waals surface area (Å²) in [6, 6.07) is 13.7. The van der Waals surface area contributed by atoms with Crippen molar-refractivity contribution in [3.63, 3.8) is 0 Å². The molecule has 0 atom stereocenters. The molecule has 0 saturated heterocycles. The van der Waals surface area contributed by atoms with Crippen LogP contribution in [0.5, 0.6) is 0 Å². The molecule has 6 nitrogen and oxygen atoms in total. The number of benzene rings is 2. The Hall–Kier alpha value is -3.03. The second kappa shape index (κ2) is 8.38. The van der Waals surface area contributed by atoms with E-state index in [4.69, 9.17) is 11.6 Å². The summed E-state index contributed by atoms with van der Waals surface area (Å²) in [7, 11) is 0. The molecule has 4 rings (SSSR count). The number of amides is 1. The summed E-state index contributed by atoms with van der Waals surface area (Å²) in [5.74, 6) is -0.872. The quantitative estimate of drug-likeness (QED) is 0.655. The van der Waals surface area contributed by atoms with Gasteiger partial charge in [0.05, 0.1) is 17.5 Å². The van der Waals surface area contributed by atoms with Gasteiger partial charge in [0, 0.05) is 17.1 Å². The lowest BCUT2D eigenvalue weighted by molar-refractivity contribution is 0.0420. The molecule has 154 valence electrons. The lowest BCUT2D eigenvalue weighted by atomic mass is 9.82. The Morgan fingerprint density at radius 1 is 1.20 bits per heavy atom. The minimum Gasteiger partial charge on any atom is -0.393 e. The SMILES string of the molecule is O=C(NCC1CC(O)C1)c1cc(-c2ccc(Cl)cc2)nn(-c2cccc(F)c2)c1=O. The van der Waals surface area contributed by atoms with Crippen molar-refractivity contribution in [2.45, 2.75) is 18.9 Å². The lowest BCUT2D eigenvalue weighted by Crippen LogP contribution is -2.40. The van der Waals surface area contributed by atoms with Crippen LogP contribution in [0.25, 0.3) is 16.9 Å². The Morgan fingerprint density at radius 2 is 1.93 bits per heavy atom. The van der Waals surface area contributed by atoms with E-state index in [0.29, 0.717) is 35.7 Å². The molecule has 1 aromatic heterocycles. The van der Waals surface area contributed by atoms with Crippen molar-refractivity contribution in [1.29, 1.82) is 0 Å². The molecule has 0 radical (unpaired) electrons. The maximum Gasteiger partial charge on any atom is 0.284 e. The minimum absolute atomic E-state index is 0.0981. The smallest absolute Gasteiger partial charge is 0.284 e. The standard InChI is InChI=1S/C22H19ClFN3O3/c23-15-6-4-14(5-7-15)20-11-19(21(29)25-12-13-8-18(28)9-13)22(30)27(26-20)17-3-1-2-16(24)10-17/h1-7,10-11,13,18,28H,8-9,12H2,(H,25,29). The van der Waals surface area contributed by atoms with Gasteiger partial charge >= 0.3 is 0 Å². The van der Waals surface area contributed by atoms with Gasteiger partial charge in [0.25, 0.3) is 11.5 Å². The number of hydrogen-bond acceptors (Lipinski definition) is 4. The van der Waals surface area contributed by atoms with E-state index < -0.39 is 17.3 Å². The molecule has 0 unspecified atom stereocenters. The molecule has 1 fully saturated rings. The number of aliphatic hydroxyl groups excluding tert-OH is 1. The highest BCUT2D eigenvalue weighted by Crippen LogP contribution is 2.26. The summed E-state index contributed by atoms with van der Waals surface area (Å²) >= 11 is 5.95. The lowest BCUT2D eigenvalue weighted by Gasteiger charge is -2.31. The Balaban J connectivity index is 1.74. The second-order valence-corrected chi connectivity index (χ2v) is 7.78. The first kappa shape index (κ1) is 20.3. The third-order valence-electron chi connectivity index (χ3n) is 5.11. The molecule has 0 aliphatic heterocycles. The third kappa shape index (κ3) is 4.27. The number of nitrogens with one attached hydrogen (secondary N) is 1. The average molecular weight is 428 g/mol. The Labute approximate surface area is 176 Å². The zero-order valence-electron chi connectivity index (χ0n) is 15.9. The van der Waals surface area contributed by atoms with Crippen LogP contribution in [0.1, 0.15) is 23.2 Å².